The van der Waals surface area contributed by atoms with Crippen molar-refractivity contribution in [3.63, 3.8) is 0 Å². The van der Waals surface area contributed by atoms with Gasteiger partial charge in [-0.15, -0.1) is 0 Å². The van der Waals surface area contributed by atoms with Crippen LogP contribution < -0.4 is 0 Å². The van der Waals surface area contributed by atoms with Crippen molar-refractivity contribution in [2.45, 2.75) is 6.92 Å². The smallest absolute Gasteiger partial charge is 0.134 e. The lowest BCUT2D eigenvalue weighted by Crippen LogP contribution is -1.84. The summed E-state index contributed by atoms with van der Waals surface area (Å²) in [5.74, 6) is 0.814. The summed E-state index contributed by atoms with van der Waals surface area (Å²) in [5.41, 5.74) is 4.19. The van der Waals surface area contributed by atoms with Gasteiger partial charge in [-0.05, 0) is 30.2 Å². The molecule has 0 saturated carbocycles. The Bertz CT molecular complexity index is 659. The lowest BCUT2D eigenvalue weighted by molar-refractivity contribution is 0.399. The van der Waals surface area contributed by atoms with Crippen LogP contribution in [0, 0.1) is 6.92 Å². The van der Waals surface area contributed by atoms with Crippen molar-refractivity contribution < 1.29 is 4.52 Å². The van der Waals surface area contributed by atoms with E-state index in [9.17, 15) is 0 Å². The van der Waals surface area contributed by atoms with E-state index in [1.807, 2.05) is 43.3 Å². The number of benzene rings is 1. The average molecular weight is 236 g/mol. The van der Waals surface area contributed by atoms with Gasteiger partial charge in [0.2, 0.25) is 0 Å². The van der Waals surface area contributed by atoms with Crippen LogP contribution in [0.1, 0.15) is 5.76 Å². The molecule has 0 saturated heterocycles. The number of aryl methyl sites for hydroxylation is 1. The summed E-state index contributed by atoms with van der Waals surface area (Å²) in [6.07, 6.45) is 3.58. The van der Waals surface area contributed by atoms with Gasteiger partial charge in [0.25, 0.3) is 0 Å². The van der Waals surface area contributed by atoms with E-state index in [2.05, 4.69) is 16.2 Å². The van der Waals surface area contributed by atoms with E-state index in [1.165, 1.54) is 0 Å². The van der Waals surface area contributed by atoms with Gasteiger partial charge in [-0.1, -0.05) is 29.4 Å². The van der Waals surface area contributed by atoms with Gasteiger partial charge < -0.3 is 4.52 Å². The fraction of sp³-hybridized carbons (Fsp3) is 0.0667. The second-order valence-electron chi connectivity index (χ2n) is 4.10. The number of rotatable bonds is 2. The summed E-state index contributed by atoms with van der Waals surface area (Å²) >= 11 is 0. The third-order valence-corrected chi connectivity index (χ3v) is 2.82. The van der Waals surface area contributed by atoms with Crippen molar-refractivity contribution in [2.75, 3.05) is 0 Å². The van der Waals surface area contributed by atoms with Gasteiger partial charge in [0.15, 0.2) is 0 Å². The van der Waals surface area contributed by atoms with Crippen LogP contribution in [-0.2, 0) is 0 Å². The van der Waals surface area contributed by atoms with E-state index in [0.717, 1.165) is 28.1 Å². The maximum absolute atomic E-state index is 5.15. The summed E-state index contributed by atoms with van der Waals surface area (Å²) in [4.78, 5) is 4.04. The molecule has 1 aromatic carbocycles. The van der Waals surface area contributed by atoms with E-state index in [4.69, 9.17) is 4.52 Å². The summed E-state index contributed by atoms with van der Waals surface area (Å²) < 4.78 is 5.15. The number of pyridine rings is 1. The molecule has 0 aliphatic heterocycles. The molecule has 0 aliphatic carbocycles. The number of aromatic nitrogens is 2. The van der Waals surface area contributed by atoms with Gasteiger partial charge in [-0.2, -0.15) is 0 Å². The predicted octanol–water partition coefficient (Wildman–Crippen LogP) is 3.71. The predicted molar refractivity (Wildman–Crippen MR) is 69.9 cm³/mol. The Balaban J connectivity index is 2.17. The van der Waals surface area contributed by atoms with Crippen LogP contribution in [-0.4, -0.2) is 10.1 Å². The molecule has 0 fully saturated rings. The SMILES string of the molecule is Cc1cc(-c2ccccc2-c2ccncc2)no1. The first-order valence-electron chi connectivity index (χ1n) is 5.78. The molecular formula is C15H12N2O. The highest BCUT2D eigenvalue weighted by molar-refractivity contribution is 5.81. The van der Waals surface area contributed by atoms with E-state index >= 15 is 0 Å². The average Bonchev–Trinajstić information content (AvgIpc) is 2.86. The topological polar surface area (TPSA) is 38.9 Å². The summed E-state index contributed by atoms with van der Waals surface area (Å²) in [6.45, 7) is 1.89. The molecule has 0 aliphatic rings. The first-order valence-corrected chi connectivity index (χ1v) is 5.78. The molecule has 0 bridgehead atoms. The van der Waals surface area contributed by atoms with Crippen LogP contribution in [0.15, 0.2) is 59.4 Å². The quantitative estimate of drug-likeness (QED) is 0.680. The molecule has 0 N–H and O–H groups in total. The van der Waals surface area contributed by atoms with Gasteiger partial charge in [0.1, 0.15) is 11.5 Å². The van der Waals surface area contributed by atoms with Crippen molar-refractivity contribution in [1.29, 1.82) is 0 Å². The minimum atomic E-state index is 0.814. The Labute approximate surface area is 105 Å². The van der Waals surface area contributed by atoms with E-state index < -0.39 is 0 Å². The van der Waals surface area contributed by atoms with Crippen LogP contribution in [0.5, 0.6) is 0 Å². The Kier molecular flexibility index (Phi) is 2.65. The largest absolute Gasteiger partial charge is 0.361 e. The standard InChI is InChI=1S/C15H12N2O/c1-11-10-15(17-18-11)14-5-3-2-4-13(14)12-6-8-16-9-7-12/h2-10H,1H3. The van der Waals surface area contributed by atoms with E-state index in [-0.39, 0.29) is 0 Å². The third kappa shape index (κ3) is 1.91. The molecule has 0 atom stereocenters. The summed E-state index contributed by atoms with van der Waals surface area (Å²) in [6, 6.07) is 14.1. The highest BCUT2D eigenvalue weighted by Gasteiger charge is 2.09. The minimum absolute atomic E-state index is 0.814. The summed E-state index contributed by atoms with van der Waals surface area (Å²) in [5, 5.41) is 4.08. The molecule has 18 heavy (non-hydrogen) atoms. The van der Waals surface area contributed by atoms with Crippen molar-refractivity contribution >= 4 is 0 Å². The van der Waals surface area contributed by atoms with Crippen molar-refractivity contribution in [1.82, 2.24) is 10.1 Å². The molecule has 2 aromatic heterocycles. The molecule has 3 heteroatoms. The number of nitrogens with zero attached hydrogens (tertiary/aromatic N) is 2. The van der Waals surface area contributed by atoms with Crippen molar-refractivity contribution in [2.24, 2.45) is 0 Å². The van der Waals surface area contributed by atoms with Crippen LogP contribution in [0.2, 0.25) is 0 Å². The molecular weight excluding hydrogens is 224 g/mol. The maximum Gasteiger partial charge on any atom is 0.134 e. The van der Waals surface area contributed by atoms with Gasteiger partial charge in [0.05, 0.1) is 0 Å². The van der Waals surface area contributed by atoms with Gasteiger partial charge in [-0.25, -0.2) is 0 Å². The molecule has 88 valence electrons. The minimum Gasteiger partial charge on any atom is -0.361 e. The zero-order valence-corrected chi connectivity index (χ0v) is 10.00. The molecule has 0 spiro atoms. The normalized spacial score (nSPS) is 10.5. The molecule has 0 radical (unpaired) electrons. The van der Waals surface area contributed by atoms with E-state index in [1.54, 1.807) is 12.4 Å². The molecule has 3 rings (SSSR count). The number of hydrogen-bond donors (Lipinski definition) is 0. The van der Waals surface area contributed by atoms with Crippen LogP contribution in [0.4, 0.5) is 0 Å². The van der Waals surface area contributed by atoms with Crippen molar-refractivity contribution in [3.8, 4) is 22.4 Å². The van der Waals surface area contributed by atoms with Gasteiger partial charge in [0, 0.05) is 24.0 Å². The van der Waals surface area contributed by atoms with Crippen molar-refractivity contribution in [3.05, 3.63) is 60.6 Å². The highest BCUT2D eigenvalue weighted by atomic mass is 16.5. The zero-order valence-electron chi connectivity index (χ0n) is 10.00. The molecule has 0 amide bonds. The van der Waals surface area contributed by atoms with Crippen LogP contribution in [0.3, 0.4) is 0 Å². The summed E-state index contributed by atoms with van der Waals surface area (Å²) in [7, 11) is 0. The van der Waals surface area contributed by atoms with Crippen LogP contribution in [0.25, 0.3) is 22.4 Å². The Morgan fingerprint density at radius 1 is 0.944 bits per heavy atom. The number of hydrogen-bond acceptors (Lipinski definition) is 3. The Morgan fingerprint density at radius 2 is 1.67 bits per heavy atom. The zero-order chi connectivity index (χ0) is 12.4. The molecule has 3 nitrogen and oxygen atoms in total. The first-order chi connectivity index (χ1) is 8.84. The molecule has 3 aromatic rings. The third-order valence-electron chi connectivity index (χ3n) is 2.82. The molecule has 2 heterocycles. The highest BCUT2D eigenvalue weighted by Crippen LogP contribution is 2.30. The molecule has 0 unspecified atom stereocenters. The van der Waals surface area contributed by atoms with Gasteiger partial charge >= 0.3 is 0 Å². The Hall–Kier alpha value is -2.42. The first kappa shape index (κ1) is 10.7. The van der Waals surface area contributed by atoms with Gasteiger partial charge in [-0.3, -0.25) is 4.98 Å². The maximum atomic E-state index is 5.15. The van der Waals surface area contributed by atoms with Crippen LogP contribution >= 0.6 is 0 Å². The Morgan fingerprint density at radius 3 is 2.33 bits per heavy atom. The lowest BCUT2D eigenvalue weighted by atomic mass is 9.98. The van der Waals surface area contributed by atoms with E-state index in [0.29, 0.717) is 0 Å². The second-order valence-corrected chi connectivity index (χ2v) is 4.10. The fourth-order valence-corrected chi connectivity index (χ4v) is 1.98. The lowest BCUT2D eigenvalue weighted by Gasteiger charge is -2.06. The fourth-order valence-electron chi connectivity index (χ4n) is 1.98. The monoisotopic (exact) mass is 236 g/mol. The second kappa shape index (κ2) is 4.45.